The molecular formula is C16H23ClN2O. The second-order valence-electron chi connectivity index (χ2n) is 5.93. The van der Waals surface area contributed by atoms with Crippen molar-refractivity contribution in [2.24, 2.45) is 5.92 Å². The molecule has 1 aromatic rings. The van der Waals surface area contributed by atoms with Crippen LogP contribution < -0.4 is 10.2 Å². The van der Waals surface area contributed by atoms with Gasteiger partial charge in [0.2, 0.25) is 0 Å². The van der Waals surface area contributed by atoms with Gasteiger partial charge >= 0.3 is 0 Å². The van der Waals surface area contributed by atoms with Gasteiger partial charge in [0.25, 0.3) is 0 Å². The maximum atomic E-state index is 6.42. The SMILES string of the molecule is COCCNCc1ccc(N2CC3CCC2C3)cc1Cl. The van der Waals surface area contributed by atoms with Gasteiger partial charge in [-0.3, -0.25) is 0 Å². The molecule has 1 heterocycles. The van der Waals surface area contributed by atoms with Crippen LogP contribution in [-0.2, 0) is 11.3 Å². The molecule has 0 aromatic heterocycles. The highest BCUT2D eigenvalue weighted by atomic mass is 35.5. The van der Waals surface area contributed by atoms with Crippen molar-refractivity contribution in [3.63, 3.8) is 0 Å². The Balaban J connectivity index is 1.62. The average Bonchev–Trinajstić information content (AvgIpc) is 3.07. The molecule has 1 N–H and O–H groups in total. The molecule has 1 aliphatic carbocycles. The first-order valence-electron chi connectivity index (χ1n) is 7.52. The van der Waals surface area contributed by atoms with E-state index in [0.29, 0.717) is 0 Å². The minimum atomic E-state index is 0.729. The minimum Gasteiger partial charge on any atom is -0.383 e. The number of hydrogen-bond donors (Lipinski definition) is 1. The van der Waals surface area contributed by atoms with Gasteiger partial charge in [-0.25, -0.2) is 0 Å². The largest absolute Gasteiger partial charge is 0.383 e. The van der Waals surface area contributed by atoms with Gasteiger partial charge in [0, 0.05) is 43.5 Å². The number of nitrogens with zero attached hydrogens (tertiary/aromatic N) is 1. The lowest BCUT2D eigenvalue weighted by Gasteiger charge is -2.29. The minimum absolute atomic E-state index is 0.729. The Hall–Kier alpha value is -0.770. The van der Waals surface area contributed by atoms with E-state index in [1.54, 1.807) is 7.11 Å². The highest BCUT2D eigenvalue weighted by molar-refractivity contribution is 6.31. The summed E-state index contributed by atoms with van der Waals surface area (Å²) in [6.45, 7) is 3.60. The van der Waals surface area contributed by atoms with Crippen molar-refractivity contribution in [2.45, 2.75) is 31.8 Å². The van der Waals surface area contributed by atoms with Gasteiger partial charge in [-0.05, 0) is 42.9 Å². The first-order valence-corrected chi connectivity index (χ1v) is 7.90. The Bertz CT molecular complexity index is 466. The molecular weight excluding hydrogens is 272 g/mol. The van der Waals surface area contributed by atoms with Crippen molar-refractivity contribution in [2.75, 3.05) is 31.7 Å². The molecule has 0 amide bonds. The lowest BCUT2D eigenvalue weighted by atomic mass is 10.1. The molecule has 2 unspecified atom stereocenters. The first-order chi connectivity index (χ1) is 9.78. The first kappa shape index (κ1) is 14.2. The lowest BCUT2D eigenvalue weighted by Crippen LogP contribution is -2.31. The van der Waals surface area contributed by atoms with Crippen LogP contribution in [0.1, 0.15) is 24.8 Å². The topological polar surface area (TPSA) is 24.5 Å². The number of fused-ring (bicyclic) bond motifs is 2. The van der Waals surface area contributed by atoms with E-state index in [9.17, 15) is 0 Å². The molecule has 2 bridgehead atoms. The zero-order valence-electron chi connectivity index (χ0n) is 12.1. The molecule has 1 aliphatic heterocycles. The Kier molecular flexibility index (Phi) is 4.49. The molecule has 1 saturated carbocycles. The fraction of sp³-hybridized carbons (Fsp3) is 0.625. The van der Waals surface area contributed by atoms with E-state index in [2.05, 4.69) is 28.4 Å². The molecule has 1 aromatic carbocycles. The van der Waals surface area contributed by atoms with Crippen LogP contribution in [0.25, 0.3) is 0 Å². The molecule has 3 rings (SSSR count). The summed E-state index contributed by atoms with van der Waals surface area (Å²) in [6, 6.07) is 7.26. The predicted octanol–water partition coefficient (Wildman–Crippen LogP) is 3.06. The third kappa shape index (κ3) is 2.95. The molecule has 1 saturated heterocycles. The normalized spacial score (nSPS) is 24.6. The van der Waals surface area contributed by atoms with E-state index in [-0.39, 0.29) is 0 Å². The van der Waals surface area contributed by atoms with E-state index in [4.69, 9.17) is 16.3 Å². The van der Waals surface area contributed by atoms with Gasteiger partial charge < -0.3 is 15.0 Å². The van der Waals surface area contributed by atoms with Crippen LogP contribution in [0.2, 0.25) is 5.02 Å². The van der Waals surface area contributed by atoms with Crippen molar-refractivity contribution < 1.29 is 4.74 Å². The van der Waals surface area contributed by atoms with Crippen molar-refractivity contribution >= 4 is 17.3 Å². The van der Waals surface area contributed by atoms with Crippen LogP contribution in [0.3, 0.4) is 0 Å². The summed E-state index contributed by atoms with van der Waals surface area (Å²) >= 11 is 6.42. The van der Waals surface area contributed by atoms with Gasteiger partial charge in [-0.1, -0.05) is 17.7 Å². The number of nitrogens with one attached hydrogen (secondary N) is 1. The maximum Gasteiger partial charge on any atom is 0.0587 e. The zero-order valence-corrected chi connectivity index (χ0v) is 12.8. The van der Waals surface area contributed by atoms with Crippen LogP contribution in [-0.4, -0.2) is 32.8 Å². The van der Waals surface area contributed by atoms with Gasteiger partial charge in [0.1, 0.15) is 0 Å². The summed E-state index contributed by atoms with van der Waals surface area (Å²) in [5.41, 5.74) is 2.46. The number of halogens is 1. The van der Waals surface area contributed by atoms with Gasteiger partial charge in [0.05, 0.1) is 6.61 Å². The average molecular weight is 295 g/mol. The highest BCUT2D eigenvalue weighted by Crippen LogP contribution is 2.40. The van der Waals surface area contributed by atoms with E-state index in [0.717, 1.165) is 42.2 Å². The molecule has 4 heteroatoms. The Labute approximate surface area is 126 Å². The predicted molar refractivity (Wildman–Crippen MR) is 83.5 cm³/mol. The Morgan fingerprint density at radius 3 is 2.95 bits per heavy atom. The fourth-order valence-corrected chi connectivity index (χ4v) is 3.74. The Morgan fingerprint density at radius 1 is 1.40 bits per heavy atom. The highest BCUT2D eigenvalue weighted by Gasteiger charge is 2.37. The maximum absolute atomic E-state index is 6.42. The molecule has 3 nitrogen and oxygen atoms in total. The summed E-state index contributed by atoms with van der Waals surface area (Å²) in [6.07, 6.45) is 4.14. The molecule has 0 radical (unpaired) electrons. The van der Waals surface area contributed by atoms with E-state index >= 15 is 0 Å². The quantitative estimate of drug-likeness (QED) is 0.816. The Morgan fingerprint density at radius 2 is 2.30 bits per heavy atom. The zero-order chi connectivity index (χ0) is 13.9. The summed E-state index contributed by atoms with van der Waals surface area (Å²) in [5.74, 6) is 0.911. The number of hydrogen-bond acceptors (Lipinski definition) is 3. The number of anilines is 1. The monoisotopic (exact) mass is 294 g/mol. The second-order valence-corrected chi connectivity index (χ2v) is 6.34. The standard InChI is InChI=1S/C16H23ClN2O/c1-20-7-6-18-10-13-3-5-15(9-16(13)17)19-11-12-2-4-14(19)8-12/h3,5,9,12,14,18H,2,4,6-8,10-11H2,1H3. The second kappa shape index (κ2) is 6.33. The fourth-order valence-electron chi connectivity index (χ4n) is 3.50. The molecule has 2 fully saturated rings. The third-order valence-corrected chi connectivity index (χ3v) is 4.93. The van der Waals surface area contributed by atoms with E-state index in [1.165, 1.54) is 31.5 Å². The number of ether oxygens (including phenoxy) is 1. The molecule has 0 spiro atoms. The molecule has 2 atom stereocenters. The smallest absolute Gasteiger partial charge is 0.0587 e. The molecule has 2 aliphatic rings. The van der Waals surface area contributed by atoms with Crippen LogP contribution in [0.4, 0.5) is 5.69 Å². The van der Waals surface area contributed by atoms with Crippen LogP contribution in [0.5, 0.6) is 0 Å². The summed E-state index contributed by atoms with van der Waals surface area (Å²) < 4.78 is 5.02. The summed E-state index contributed by atoms with van der Waals surface area (Å²) in [5, 5.41) is 4.21. The van der Waals surface area contributed by atoms with Crippen molar-refractivity contribution in [1.29, 1.82) is 0 Å². The van der Waals surface area contributed by atoms with Gasteiger partial charge in [-0.2, -0.15) is 0 Å². The third-order valence-electron chi connectivity index (χ3n) is 4.58. The summed E-state index contributed by atoms with van der Waals surface area (Å²) in [7, 11) is 1.72. The van der Waals surface area contributed by atoms with Crippen molar-refractivity contribution in [1.82, 2.24) is 5.32 Å². The van der Waals surface area contributed by atoms with Crippen molar-refractivity contribution in [3.05, 3.63) is 28.8 Å². The number of piperidine rings is 1. The number of rotatable bonds is 6. The van der Waals surface area contributed by atoms with Crippen LogP contribution in [0.15, 0.2) is 18.2 Å². The van der Waals surface area contributed by atoms with Crippen LogP contribution in [0, 0.1) is 5.92 Å². The van der Waals surface area contributed by atoms with Crippen molar-refractivity contribution in [3.8, 4) is 0 Å². The van der Waals surface area contributed by atoms with E-state index < -0.39 is 0 Å². The van der Waals surface area contributed by atoms with Gasteiger partial charge in [0.15, 0.2) is 0 Å². The lowest BCUT2D eigenvalue weighted by molar-refractivity contribution is 0.199. The molecule has 110 valence electrons. The van der Waals surface area contributed by atoms with Gasteiger partial charge in [-0.15, -0.1) is 0 Å². The number of methoxy groups -OCH3 is 1. The number of benzene rings is 1. The van der Waals surface area contributed by atoms with E-state index in [1.807, 2.05) is 0 Å². The molecule has 20 heavy (non-hydrogen) atoms. The van der Waals surface area contributed by atoms with Crippen LogP contribution >= 0.6 is 11.6 Å². The summed E-state index contributed by atoms with van der Waals surface area (Å²) in [4.78, 5) is 2.54.